The van der Waals surface area contributed by atoms with Gasteiger partial charge in [-0.05, 0) is 12.1 Å². The van der Waals surface area contributed by atoms with E-state index in [-0.39, 0.29) is 12.5 Å². The van der Waals surface area contributed by atoms with E-state index in [1.54, 1.807) is 25.4 Å². The second-order valence-corrected chi connectivity index (χ2v) is 2.57. The highest BCUT2D eigenvalue weighted by Gasteiger charge is 2.22. The lowest BCUT2D eigenvalue weighted by molar-refractivity contribution is -0.121. The number of rotatable bonds is 0. The highest BCUT2D eigenvalue weighted by molar-refractivity contribution is 5.95. The molecule has 0 radical (unpaired) electrons. The number of pyridine rings is 1. The van der Waals surface area contributed by atoms with E-state index in [1.165, 1.54) is 4.90 Å². The van der Waals surface area contributed by atoms with E-state index < -0.39 is 0 Å². The van der Waals surface area contributed by atoms with Crippen molar-refractivity contribution in [3.63, 3.8) is 0 Å². The number of carbonyl (C=O) groups is 1. The first-order valence-electron chi connectivity index (χ1n) is 3.63. The van der Waals surface area contributed by atoms with Gasteiger partial charge in [-0.1, -0.05) is 0 Å². The topological polar surface area (TPSA) is 42.4 Å². The summed E-state index contributed by atoms with van der Waals surface area (Å²) in [5, 5.41) is 0. The van der Waals surface area contributed by atoms with Gasteiger partial charge in [-0.3, -0.25) is 9.69 Å². The number of amides is 1. The minimum Gasteiger partial charge on any atom is -0.480 e. The van der Waals surface area contributed by atoms with Crippen LogP contribution >= 0.6 is 0 Å². The van der Waals surface area contributed by atoms with Crippen LogP contribution in [0, 0.1) is 0 Å². The zero-order chi connectivity index (χ0) is 8.55. The van der Waals surface area contributed by atoms with Crippen molar-refractivity contribution < 1.29 is 9.53 Å². The fourth-order valence-electron chi connectivity index (χ4n) is 1.10. The molecule has 0 unspecified atom stereocenters. The maximum atomic E-state index is 11.1. The van der Waals surface area contributed by atoms with Gasteiger partial charge >= 0.3 is 0 Å². The van der Waals surface area contributed by atoms with Gasteiger partial charge in [-0.2, -0.15) is 0 Å². The lowest BCUT2D eigenvalue weighted by Gasteiger charge is -2.23. The largest absolute Gasteiger partial charge is 0.480 e. The van der Waals surface area contributed by atoms with Crippen LogP contribution in [0.4, 0.5) is 5.82 Å². The molecule has 4 heteroatoms. The predicted molar refractivity (Wildman–Crippen MR) is 43.1 cm³/mol. The Morgan fingerprint density at radius 1 is 1.67 bits per heavy atom. The first-order chi connectivity index (χ1) is 5.79. The molecular formula is C8H8N2O2. The number of ether oxygens (including phenoxy) is 1. The number of aromatic nitrogens is 1. The second kappa shape index (κ2) is 2.48. The number of anilines is 1. The zero-order valence-electron chi connectivity index (χ0n) is 6.65. The van der Waals surface area contributed by atoms with E-state index >= 15 is 0 Å². The van der Waals surface area contributed by atoms with Gasteiger partial charge in [-0.15, -0.1) is 0 Å². The summed E-state index contributed by atoms with van der Waals surface area (Å²) < 4.78 is 5.15. The molecule has 4 nitrogen and oxygen atoms in total. The Morgan fingerprint density at radius 2 is 2.50 bits per heavy atom. The van der Waals surface area contributed by atoms with Crippen LogP contribution < -0.4 is 9.64 Å². The van der Waals surface area contributed by atoms with Gasteiger partial charge in [0.25, 0.3) is 5.91 Å². The van der Waals surface area contributed by atoms with Crippen molar-refractivity contribution in [1.29, 1.82) is 0 Å². The Morgan fingerprint density at radius 3 is 3.33 bits per heavy atom. The minimum atomic E-state index is -0.0683. The molecule has 1 aromatic rings. The Labute approximate surface area is 69.8 Å². The smallest absolute Gasteiger partial charge is 0.265 e. The quantitative estimate of drug-likeness (QED) is 0.558. The van der Waals surface area contributed by atoms with Crippen molar-refractivity contribution >= 4 is 11.7 Å². The molecule has 0 aromatic carbocycles. The molecule has 0 fully saturated rings. The molecule has 12 heavy (non-hydrogen) atoms. The molecule has 2 rings (SSSR count). The normalized spacial score (nSPS) is 15.4. The van der Waals surface area contributed by atoms with E-state index in [9.17, 15) is 4.79 Å². The number of nitrogens with zero attached hydrogens (tertiary/aromatic N) is 2. The van der Waals surface area contributed by atoms with Crippen LogP contribution in [0.15, 0.2) is 18.3 Å². The molecule has 0 N–H and O–H groups in total. The van der Waals surface area contributed by atoms with Crippen molar-refractivity contribution in [2.75, 3.05) is 18.6 Å². The molecule has 62 valence electrons. The molecular weight excluding hydrogens is 156 g/mol. The van der Waals surface area contributed by atoms with Crippen molar-refractivity contribution in [3.05, 3.63) is 18.3 Å². The third kappa shape index (κ3) is 0.922. The zero-order valence-corrected chi connectivity index (χ0v) is 6.65. The Hall–Kier alpha value is -1.58. The first kappa shape index (κ1) is 7.09. The maximum Gasteiger partial charge on any atom is 0.265 e. The highest BCUT2D eigenvalue weighted by atomic mass is 16.5. The van der Waals surface area contributed by atoms with Gasteiger partial charge < -0.3 is 4.74 Å². The number of hydrogen-bond acceptors (Lipinski definition) is 3. The van der Waals surface area contributed by atoms with Crippen molar-refractivity contribution in [3.8, 4) is 5.75 Å². The summed E-state index contributed by atoms with van der Waals surface area (Å²) in [5.41, 5.74) is 0. The molecule has 2 heterocycles. The fourth-order valence-corrected chi connectivity index (χ4v) is 1.10. The van der Waals surface area contributed by atoms with Crippen molar-refractivity contribution in [2.24, 2.45) is 0 Å². The van der Waals surface area contributed by atoms with Gasteiger partial charge in [-0.25, -0.2) is 4.98 Å². The number of fused-ring (bicyclic) bond motifs is 1. The molecule has 0 saturated carbocycles. The average molecular weight is 164 g/mol. The molecule has 0 saturated heterocycles. The maximum absolute atomic E-state index is 11.1. The molecule has 0 atom stereocenters. The predicted octanol–water partition coefficient (Wildman–Crippen LogP) is 0.437. The minimum absolute atomic E-state index is 0.0683. The summed E-state index contributed by atoms with van der Waals surface area (Å²) >= 11 is 0. The van der Waals surface area contributed by atoms with Crippen LogP contribution in [-0.2, 0) is 4.79 Å². The van der Waals surface area contributed by atoms with Gasteiger partial charge in [0.2, 0.25) is 0 Å². The average Bonchev–Trinajstić information content (AvgIpc) is 2.12. The molecule has 0 bridgehead atoms. The van der Waals surface area contributed by atoms with Gasteiger partial charge in [0.05, 0.1) is 0 Å². The van der Waals surface area contributed by atoms with Crippen LogP contribution in [0.2, 0.25) is 0 Å². The lowest BCUT2D eigenvalue weighted by atomic mass is 10.3. The Bertz CT molecular complexity index is 325. The summed E-state index contributed by atoms with van der Waals surface area (Å²) in [6, 6.07) is 3.58. The van der Waals surface area contributed by atoms with E-state index in [1.807, 2.05) is 0 Å². The molecule has 1 aliphatic rings. The standard InChI is InChI=1S/C8H8N2O2/c1-10-7(11)5-12-6-3-2-4-9-8(6)10/h2-4H,5H2,1H3. The molecule has 0 aliphatic carbocycles. The summed E-state index contributed by atoms with van der Waals surface area (Å²) in [4.78, 5) is 16.6. The van der Waals surface area contributed by atoms with E-state index in [0.717, 1.165) is 0 Å². The van der Waals surface area contributed by atoms with Crippen LogP contribution in [0.3, 0.4) is 0 Å². The molecule has 1 aliphatic heterocycles. The number of hydrogen-bond donors (Lipinski definition) is 0. The molecule has 1 aromatic heterocycles. The van der Waals surface area contributed by atoms with E-state index in [4.69, 9.17) is 4.74 Å². The SMILES string of the molecule is CN1C(=O)COc2cccnc21. The van der Waals surface area contributed by atoms with Gasteiger partial charge in [0, 0.05) is 13.2 Å². The van der Waals surface area contributed by atoms with Crippen molar-refractivity contribution in [2.45, 2.75) is 0 Å². The molecule has 1 amide bonds. The van der Waals surface area contributed by atoms with Crippen LogP contribution in [0.1, 0.15) is 0 Å². The van der Waals surface area contributed by atoms with Crippen LogP contribution in [-0.4, -0.2) is 24.5 Å². The Kier molecular flexibility index (Phi) is 1.46. The third-order valence-corrected chi connectivity index (χ3v) is 1.79. The van der Waals surface area contributed by atoms with Crippen LogP contribution in [0.5, 0.6) is 5.75 Å². The number of likely N-dealkylation sites (N-methyl/N-ethyl adjacent to an activating group) is 1. The lowest BCUT2D eigenvalue weighted by Crippen LogP contribution is -2.36. The fraction of sp³-hybridized carbons (Fsp3) is 0.250. The van der Waals surface area contributed by atoms with Crippen molar-refractivity contribution in [1.82, 2.24) is 4.98 Å². The monoisotopic (exact) mass is 164 g/mol. The second-order valence-electron chi connectivity index (χ2n) is 2.57. The van der Waals surface area contributed by atoms with Gasteiger partial charge in [0.15, 0.2) is 18.2 Å². The third-order valence-electron chi connectivity index (χ3n) is 1.79. The van der Waals surface area contributed by atoms with Crippen LogP contribution in [0.25, 0.3) is 0 Å². The summed E-state index contributed by atoms with van der Waals surface area (Å²) in [5.74, 6) is 1.19. The summed E-state index contributed by atoms with van der Waals surface area (Å²) in [6.07, 6.45) is 1.64. The Balaban J connectivity index is 2.48. The van der Waals surface area contributed by atoms with E-state index in [0.29, 0.717) is 11.6 Å². The first-order valence-corrected chi connectivity index (χ1v) is 3.63. The van der Waals surface area contributed by atoms with E-state index in [2.05, 4.69) is 4.98 Å². The molecule has 0 spiro atoms. The number of carbonyl (C=O) groups excluding carboxylic acids is 1. The van der Waals surface area contributed by atoms with Gasteiger partial charge in [0.1, 0.15) is 0 Å². The highest BCUT2D eigenvalue weighted by Crippen LogP contribution is 2.27. The summed E-state index contributed by atoms with van der Waals surface area (Å²) in [6.45, 7) is 0.106. The summed E-state index contributed by atoms with van der Waals surface area (Å²) in [7, 11) is 1.69.